The van der Waals surface area contributed by atoms with Crippen LogP contribution in [0.15, 0.2) is 0 Å². The summed E-state index contributed by atoms with van der Waals surface area (Å²) in [7, 11) is 0. The zero-order valence-corrected chi connectivity index (χ0v) is 9.10. The Morgan fingerprint density at radius 3 is 2.85 bits per heavy atom. The third-order valence-corrected chi connectivity index (χ3v) is 4.59. The van der Waals surface area contributed by atoms with Crippen molar-refractivity contribution in [3.8, 4) is 0 Å². The SMILES string of the molecule is CCC1NCCC12CCCCC2C. The third-order valence-electron chi connectivity index (χ3n) is 4.59. The molecule has 1 heterocycles. The van der Waals surface area contributed by atoms with Gasteiger partial charge < -0.3 is 5.32 Å². The number of hydrogen-bond donors (Lipinski definition) is 1. The van der Waals surface area contributed by atoms with E-state index in [4.69, 9.17) is 0 Å². The predicted octanol–water partition coefficient (Wildman–Crippen LogP) is 2.95. The predicted molar refractivity (Wildman–Crippen MR) is 56.8 cm³/mol. The van der Waals surface area contributed by atoms with Gasteiger partial charge in [-0.3, -0.25) is 0 Å². The van der Waals surface area contributed by atoms with Crippen molar-refractivity contribution in [2.24, 2.45) is 11.3 Å². The van der Waals surface area contributed by atoms with Gasteiger partial charge in [-0.05, 0) is 37.1 Å². The standard InChI is InChI=1S/C12H23N/c1-3-11-12(8-9-13-11)7-5-4-6-10(12)2/h10-11,13H,3-9H2,1-2H3. The number of rotatable bonds is 1. The maximum atomic E-state index is 3.70. The fourth-order valence-electron chi connectivity index (χ4n) is 3.74. The lowest BCUT2D eigenvalue weighted by atomic mass is 9.62. The highest BCUT2D eigenvalue weighted by molar-refractivity contribution is 5.00. The average molecular weight is 181 g/mol. The molecule has 0 bridgehead atoms. The summed E-state index contributed by atoms with van der Waals surface area (Å²) < 4.78 is 0. The van der Waals surface area contributed by atoms with Gasteiger partial charge in [-0.25, -0.2) is 0 Å². The Balaban J connectivity index is 2.15. The van der Waals surface area contributed by atoms with E-state index >= 15 is 0 Å². The van der Waals surface area contributed by atoms with Crippen LogP contribution in [0.25, 0.3) is 0 Å². The van der Waals surface area contributed by atoms with E-state index in [-0.39, 0.29) is 0 Å². The van der Waals surface area contributed by atoms with Crippen LogP contribution in [0, 0.1) is 11.3 Å². The van der Waals surface area contributed by atoms with E-state index in [1.165, 1.54) is 45.1 Å². The van der Waals surface area contributed by atoms with Crippen molar-refractivity contribution < 1.29 is 0 Å². The summed E-state index contributed by atoms with van der Waals surface area (Å²) in [6, 6.07) is 0.822. The van der Waals surface area contributed by atoms with E-state index in [0.29, 0.717) is 5.41 Å². The second-order valence-corrected chi connectivity index (χ2v) is 5.04. The van der Waals surface area contributed by atoms with Crippen LogP contribution < -0.4 is 5.32 Å². The molecule has 1 spiro atoms. The van der Waals surface area contributed by atoms with Crippen LogP contribution in [0.4, 0.5) is 0 Å². The van der Waals surface area contributed by atoms with Crippen LogP contribution in [0.2, 0.25) is 0 Å². The van der Waals surface area contributed by atoms with Crippen LogP contribution in [0.1, 0.15) is 52.4 Å². The van der Waals surface area contributed by atoms with Crippen molar-refractivity contribution >= 4 is 0 Å². The largest absolute Gasteiger partial charge is 0.313 e. The van der Waals surface area contributed by atoms with Gasteiger partial charge in [-0.1, -0.05) is 33.1 Å². The molecule has 13 heavy (non-hydrogen) atoms. The van der Waals surface area contributed by atoms with Gasteiger partial charge in [0.25, 0.3) is 0 Å². The Hall–Kier alpha value is -0.0400. The van der Waals surface area contributed by atoms with Crippen LogP contribution in [-0.2, 0) is 0 Å². The van der Waals surface area contributed by atoms with E-state index < -0.39 is 0 Å². The molecule has 0 radical (unpaired) electrons. The van der Waals surface area contributed by atoms with Gasteiger partial charge in [0, 0.05) is 6.04 Å². The molecule has 2 rings (SSSR count). The number of hydrogen-bond acceptors (Lipinski definition) is 1. The molecule has 0 aromatic rings. The van der Waals surface area contributed by atoms with Crippen molar-refractivity contribution in [1.82, 2.24) is 5.32 Å². The molecule has 2 aliphatic rings. The first-order valence-electron chi connectivity index (χ1n) is 6.03. The Kier molecular flexibility index (Phi) is 2.64. The van der Waals surface area contributed by atoms with Gasteiger partial charge in [0.15, 0.2) is 0 Å². The molecule has 76 valence electrons. The summed E-state index contributed by atoms with van der Waals surface area (Å²) >= 11 is 0. The molecular formula is C12H23N. The van der Waals surface area contributed by atoms with E-state index in [1.54, 1.807) is 0 Å². The molecule has 0 amide bonds. The van der Waals surface area contributed by atoms with Crippen molar-refractivity contribution in [2.45, 2.75) is 58.4 Å². The molecule has 1 aliphatic carbocycles. The van der Waals surface area contributed by atoms with Gasteiger partial charge in [0.05, 0.1) is 0 Å². The molecule has 1 saturated heterocycles. The van der Waals surface area contributed by atoms with Crippen LogP contribution in [-0.4, -0.2) is 12.6 Å². The third kappa shape index (κ3) is 1.41. The summed E-state index contributed by atoms with van der Waals surface area (Å²) in [5.41, 5.74) is 0.688. The van der Waals surface area contributed by atoms with E-state index in [1.807, 2.05) is 0 Å². The highest BCUT2D eigenvalue weighted by Crippen LogP contribution is 2.49. The first-order valence-corrected chi connectivity index (χ1v) is 6.03. The fourth-order valence-corrected chi connectivity index (χ4v) is 3.74. The molecule has 1 saturated carbocycles. The molecule has 3 atom stereocenters. The van der Waals surface area contributed by atoms with Crippen LogP contribution >= 0.6 is 0 Å². The first-order chi connectivity index (χ1) is 6.29. The zero-order valence-electron chi connectivity index (χ0n) is 9.10. The van der Waals surface area contributed by atoms with E-state index in [9.17, 15) is 0 Å². The van der Waals surface area contributed by atoms with Gasteiger partial charge in [-0.15, -0.1) is 0 Å². The molecule has 1 N–H and O–H groups in total. The molecule has 3 unspecified atom stereocenters. The van der Waals surface area contributed by atoms with Crippen molar-refractivity contribution in [3.05, 3.63) is 0 Å². The van der Waals surface area contributed by atoms with Crippen molar-refractivity contribution in [1.29, 1.82) is 0 Å². The van der Waals surface area contributed by atoms with Crippen molar-refractivity contribution in [2.75, 3.05) is 6.54 Å². The molecule has 1 heteroatoms. The summed E-state index contributed by atoms with van der Waals surface area (Å²) in [6.07, 6.45) is 8.66. The minimum atomic E-state index is 0.688. The second kappa shape index (κ2) is 3.61. The van der Waals surface area contributed by atoms with E-state index in [2.05, 4.69) is 19.2 Å². The Bertz CT molecular complexity index is 178. The monoisotopic (exact) mass is 181 g/mol. The lowest BCUT2D eigenvalue weighted by molar-refractivity contribution is 0.0879. The highest BCUT2D eigenvalue weighted by atomic mass is 15.0. The van der Waals surface area contributed by atoms with Gasteiger partial charge in [0.2, 0.25) is 0 Å². The maximum Gasteiger partial charge on any atom is 0.0124 e. The second-order valence-electron chi connectivity index (χ2n) is 5.04. The zero-order chi connectivity index (χ0) is 9.31. The minimum absolute atomic E-state index is 0.688. The lowest BCUT2D eigenvalue weighted by Gasteiger charge is -2.43. The molecule has 0 aromatic carbocycles. The molecule has 2 fully saturated rings. The highest BCUT2D eigenvalue weighted by Gasteiger charge is 2.46. The quantitative estimate of drug-likeness (QED) is 0.656. The van der Waals surface area contributed by atoms with Crippen molar-refractivity contribution in [3.63, 3.8) is 0 Å². The minimum Gasteiger partial charge on any atom is -0.313 e. The Labute approximate surface area is 82.3 Å². The summed E-state index contributed by atoms with van der Waals surface area (Å²) in [5, 5.41) is 3.70. The fraction of sp³-hybridized carbons (Fsp3) is 1.00. The molecule has 1 aliphatic heterocycles. The average Bonchev–Trinajstić information content (AvgIpc) is 2.55. The first kappa shape index (κ1) is 9.51. The van der Waals surface area contributed by atoms with Gasteiger partial charge in [0.1, 0.15) is 0 Å². The Morgan fingerprint density at radius 1 is 1.31 bits per heavy atom. The van der Waals surface area contributed by atoms with Crippen LogP contribution in [0.3, 0.4) is 0 Å². The number of nitrogens with one attached hydrogen (secondary N) is 1. The lowest BCUT2D eigenvalue weighted by Crippen LogP contribution is -2.42. The topological polar surface area (TPSA) is 12.0 Å². The van der Waals surface area contributed by atoms with Gasteiger partial charge >= 0.3 is 0 Å². The molecule has 0 aromatic heterocycles. The Morgan fingerprint density at radius 2 is 2.15 bits per heavy atom. The maximum absolute atomic E-state index is 3.70. The smallest absolute Gasteiger partial charge is 0.0124 e. The van der Waals surface area contributed by atoms with Gasteiger partial charge in [-0.2, -0.15) is 0 Å². The summed E-state index contributed by atoms with van der Waals surface area (Å²) in [4.78, 5) is 0. The summed E-state index contributed by atoms with van der Waals surface area (Å²) in [6.45, 7) is 6.09. The van der Waals surface area contributed by atoms with Crippen LogP contribution in [0.5, 0.6) is 0 Å². The molecular weight excluding hydrogens is 158 g/mol. The van der Waals surface area contributed by atoms with E-state index in [0.717, 1.165) is 12.0 Å². The summed E-state index contributed by atoms with van der Waals surface area (Å²) in [5.74, 6) is 0.959. The molecule has 1 nitrogen and oxygen atoms in total. The normalized spacial score (nSPS) is 45.7.